The van der Waals surface area contributed by atoms with E-state index in [9.17, 15) is 19.5 Å². The molecule has 0 bridgehead atoms. The van der Waals surface area contributed by atoms with Gasteiger partial charge in [0.05, 0.1) is 0 Å². The summed E-state index contributed by atoms with van der Waals surface area (Å²) in [6.45, 7) is 0. The Morgan fingerprint density at radius 3 is 2.44 bits per heavy atom. The van der Waals surface area contributed by atoms with Gasteiger partial charge in [0.25, 0.3) is 5.91 Å². The van der Waals surface area contributed by atoms with E-state index in [4.69, 9.17) is 11.6 Å². The van der Waals surface area contributed by atoms with Crippen LogP contribution >= 0.6 is 11.6 Å². The second-order valence-corrected chi connectivity index (χ2v) is 8.82. The Balaban J connectivity index is 1.59. The van der Waals surface area contributed by atoms with Crippen LogP contribution in [-0.2, 0) is 22.4 Å². The maximum absolute atomic E-state index is 13.5. The minimum atomic E-state index is -1.19. The fourth-order valence-electron chi connectivity index (χ4n) is 4.08. The molecule has 2 heterocycles. The molecule has 0 aliphatic carbocycles. The summed E-state index contributed by atoms with van der Waals surface area (Å²) in [7, 11) is 1.49. The number of hydrogen-bond donors (Lipinski definition) is 3. The molecule has 0 spiro atoms. The molecule has 9 heteroatoms. The van der Waals surface area contributed by atoms with E-state index in [1.54, 1.807) is 18.3 Å². The molecule has 4 rings (SSSR count). The molecule has 3 N–H and O–H groups in total. The van der Waals surface area contributed by atoms with Crippen LogP contribution in [0.3, 0.4) is 0 Å². The van der Waals surface area contributed by atoms with Crippen LogP contribution in [0.5, 0.6) is 0 Å². The number of aromatic nitrogens is 2. The van der Waals surface area contributed by atoms with E-state index in [1.807, 2.05) is 54.6 Å². The molecule has 0 saturated heterocycles. The summed E-state index contributed by atoms with van der Waals surface area (Å²) in [5, 5.41) is 13.6. The van der Waals surface area contributed by atoms with E-state index in [-0.39, 0.29) is 23.7 Å². The van der Waals surface area contributed by atoms with Gasteiger partial charge in [-0.05, 0) is 29.3 Å². The van der Waals surface area contributed by atoms with Crippen molar-refractivity contribution in [1.82, 2.24) is 20.2 Å². The summed E-state index contributed by atoms with van der Waals surface area (Å²) < 4.78 is 0. The monoisotopic (exact) mass is 504 g/mol. The van der Waals surface area contributed by atoms with Gasteiger partial charge in [-0.15, -0.1) is 0 Å². The van der Waals surface area contributed by atoms with Crippen LogP contribution in [-0.4, -0.2) is 56.9 Å². The zero-order valence-electron chi connectivity index (χ0n) is 19.5. The smallest absolute Gasteiger partial charge is 0.326 e. The number of para-hydroxylation sites is 1. The zero-order chi connectivity index (χ0) is 25.7. The number of rotatable bonds is 9. The number of pyridine rings is 1. The van der Waals surface area contributed by atoms with Gasteiger partial charge >= 0.3 is 5.97 Å². The first-order valence-corrected chi connectivity index (χ1v) is 11.7. The zero-order valence-corrected chi connectivity index (χ0v) is 20.3. The van der Waals surface area contributed by atoms with Gasteiger partial charge in [-0.25, -0.2) is 9.78 Å². The highest BCUT2D eigenvalue weighted by molar-refractivity contribution is 6.29. The highest BCUT2D eigenvalue weighted by Crippen LogP contribution is 2.20. The number of carbonyl (C=O) groups is 3. The van der Waals surface area contributed by atoms with E-state index < -0.39 is 29.9 Å². The number of fused-ring (bicyclic) bond motifs is 1. The van der Waals surface area contributed by atoms with Crippen LogP contribution in [0.1, 0.15) is 21.6 Å². The fourth-order valence-corrected chi connectivity index (χ4v) is 4.24. The maximum Gasteiger partial charge on any atom is 0.326 e. The lowest BCUT2D eigenvalue weighted by atomic mass is 10.0. The number of hydrogen-bond acceptors (Lipinski definition) is 4. The Morgan fingerprint density at radius 2 is 1.72 bits per heavy atom. The average Bonchev–Trinajstić information content (AvgIpc) is 3.29. The molecule has 0 fully saturated rings. The van der Waals surface area contributed by atoms with Crippen molar-refractivity contribution < 1.29 is 19.5 Å². The molecule has 0 unspecified atom stereocenters. The lowest BCUT2D eigenvalue weighted by Gasteiger charge is -2.28. The number of aromatic amines is 1. The molecule has 2 atom stereocenters. The van der Waals surface area contributed by atoms with Gasteiger partial charge in [-0.1, -0.05) is 66.2 Å². The Hall–Kier alpha value is -4.17. The Labute approximate surface area is 212 Å². The number of carboxylic acids is 1. The SMILES string of the molecule is CN(C(=O)c1cccc(Cl)n1)[C@@H](Cc1ccccc1)C(=O)N[C@@H](Cc1c[nH]c2ccccc12)C(=O)O. The summed E-state index contributed by atoms with van der Waals surface area (Å²) in [5.41, 5.74) is 2.55. The summed E-state index contributed by atoms with van der Waals surface area (Å²) >= 11 is 5.95. The van der Waals surface area contributed by atoms with Gasteiger partial charge in [0.15, 0.2) is 0 Å². The van der Waals surface area contributed by atoms with E-state index in [2.05, 4.69) is 15.3 Å². The van der Waals surface area contributed by atoms with Crippen LogP contribution in [0.4, 0.5) is 0 Å². The molecule has 8 nitrogen and oxygen atoms in total. The molecule has 2 amide bonds. The van der Waals surface area contributed by atoms with Gasteiger partial charge in [0.2, 0.25) is 5.91 Å². The number of carboxylic acid groups (broad SMARTS) is 1. The van der Waals surface area contributed by atoms with E-state index in [0.717, 1.165) is 22.0 Å². The second kappa shape index (κ2) is 11.0. The third-order valence-corrected chi connectivity index (χ3v) is 6.22. The number of nitrogens with zero attached hydrogens (tertiary/aromatic N) is 2. The summed E-state index contributed by atoms with van der Waals surface area (Å²) in [5.74, 6) is -2.25. The normalized spacial score (nSPS) is 12.6. The Bertz CT molecular complexity index is 1390. The van der Waals surface area contributed by atoms with Crippen molar-refractivity contribution in [2.24, 2.45) is 0 Å². The Kier molecular flexibility index (Phi) is 7.65. The number of aliphatic carboxylic acids is 1. The molecule has 0 aliphatic rings. The lowest BCUT2D eigenvalue weighted by molar-refractivity contribution is -0.142. The van der Waals surface area contributed by atoms with Crippen LogP contribution < -0.4 is 5.32 Å². The highest BCUT2D eigenvalue weighted by atomic mass is 35.5. The van der Waals surface area contributed by atoms with Crippen molar-refractivity contribution in [2.75, 3.05) is 7.05 Å². The maximum atomic E-state index is 13.5. The Morgan fingerprint density at radius 1 is 1.00 bits per heavy atom. The number of likely N-dealkylation sites (N-methyl/N-ethyl adjacent to an activating group) is 1. The van der Waals surface area contributed by atoms with Crippen LogP contribution in [0.25, 0.3) is 10.9 Å². The molecule has 0 radical (unpaired) electrons. The van der Waals surface area contributed by atoms with Gasteiger partial charge in [0.1, 0.15) is 22.9 Å². The van der Waals surface area contributed by atoms with Gasteiger partial charge in [0, 0.05) is 37.0 Å². The number of benzene rings is 2. The molecular formula is C27H25ClN4O4. The molecule has 0 aliphatic heterocycles. The topological polar surface area (TPSA) is 115 Å². The fraction of sp³-hybridized carbons (Fsp3) is 0.185. The van der Waals surface area contributed by atoms with Crippen LogP contribution in [0.15, 0.2) is 79.0 Å². The van der Waals surface area contributed by atoms with E-state index in [0.29, 0.717) is 0 Å². The summed E-state index contributed by atoms with van der Waals surface area (Å²) in [6.07, 6.45) is 2.01. The molecule has 184 valence electrons. The van der Waals surface area contributed by atoms with Crippen LogP contribution in [0, 0.1) is 0 Å². The highest BCUT2D eigenvalue weighted by Gasteiger charge is 2.32. The standard InChI is InChI=1S/C27H25ClN4O4/c1-32(26(34)21-12-7-13-24(28)30-21)23(14-17-8-3-2-4-9-17)25(33)31-22(27(35)36)15-18-16-29-20-11-6-5-10-19(18)20/h2-13,16,22-23,29H,14-15H2,1H3,(H,31,33)(H,35,36)/t22-,23-/m0/s1. The van der Waals surface area contributed by atoms with Gasteiger partial charge in [-0.3, -0.25) is 9.59 Å². The number of H-pyrrole nitrogens is 1. The largest absolute Gasteiger partial charge is 0.480 e. The predicted octanol–water partition coefficient (Wildman–Crippen LogP) is 3.71. The predicted molar refractivity (Wildman–Crippen MR) is 137 cm³/mol. The number of carbonyl (C=O) groups excluding carboxylic acids is 2. The van der Waals surface area contributed by atoms with Crippen LogP contribution in [0.2, 0.25) is 5.15 Å². The number of halogens is 1. The van der Waals surface area contributed by atoms with Gasteiger partial charge in [-0.2, -0.15) is 0 Å². The minimum absolute atomic E-state index is 0.0800. The first kappa shape index (κ1) is 24.9. The molecule has 2 aromatic carbocycles. The number of nitrogens with one attached hydrogen (secondary N) is 2. The first-order valence-electron chi connectivity index (χ1n) is 11.4. The van der Waals surface area contributed by atoms with Crippen molar-refractivity contribution in [3.63, 3.8) is 0 Å². The molecule has 36 heavy (non-hydrogen) atoms. The molecule has 0 saturated carbocycles. The lowest BCUT2D eigenvalue weighted by Crippen LogP contribution is -2.53. The summed E-state index contributed by atoms with van der Waals surface area (Å²) in [6, 6.07) is 19.2. The second-order valence-electron chi connectivity index (χ2n) is 8.43. The third kappa shape index (κ3) is 5.72. The van der Waals surface area contributed by atoms with Crippen molar-refractivity contribution in [3.05, 3.63) is 101 Å². The minimum Gasteiger partial charge on any atom is -0.480 e. The molecular weight excluding hydrogens is 480 g/mol. The van der Waals surface area contributed by atoms with Crippen molar-refractivity contribution >= 4 is 40.3 Å². The van der Waals surface area contributed by atoms with E-state index in [1.165, 1.54) is 18.0 Å². The number of amides is 2. The average molecular weight is 505 g/mol. The summed E-state index contributed by atoms with van der Waals surface area (Å²) in [4.78, 5) is 47.2. The molecule has 2 aromatic heterocycles. The van der Waals surface area contributed by atoms with Crippen molar-refractivity contribution in [2.45, 2.75) is 24.9 Å². The van der Waals surface area contributed by atoms with E-state index >= 15 is 0 Å². The quantitative estimate of drug-likeness (QED) is 0.300. The van der Waals surface area contributed by atoms with Crippen molar-refractivity contribution in [1.29, 1.82) is 0 Å². The molecule has 4 aromatic rings. The van der Waals surface area contributed by atoms with Gasteiger partial charge < -0.3 is 20.3 Å². The first-order chi connectivity index (χ1) is 17.3. The third-order valence-electron chi connectivity index (χ3n) is 6.01. The van der Waals surface area contributed by atoms with Crippen molar-refractivity contribution in [3.8, 4) is 0 Å².